The number of hydrogen-bond acceptors (Lipinski definition) is 14. The Kier molecular flexibility index (Phi) is 15.0. The summed E-state index contributed by atoms with van der Waals surface area (Å²) in [6, 6.07) is 1.95. The minimum absolute atomic E-state index is 0.0896. The molecule has 59 heavy (non-hydrogen) atoms. The van der Waals surface area contributed by atoms with Crippen molar-refractivity contribution in [1.29, 1.82) is 0 Å². The standard InChI is InChI=1S/C42H65N7O10/c1-12-32-42(8)35(49(40(54)59-42)45-17-14-18-48-22-30(44-23-48)29-15-13-16-43-21-29)28(6)46-37(52)24(2)20-41(7,55-11)36(26(4)33(50)27(5)38(53)57-32)58-39-34(51)31(47(9)10)19-25(3)56-39/h13,15-16,21-28,31-32,34-36,39,45,51H,12,14,17-20H2,1-11H3,(H,46,52)/t24-,25-,26+,27-,28?,31+,32-,34-,35-,36+,39+,41+,42-/m1/s1. The fourth-order valence-corrected chi connectivity index (χ4v) is 8.97. The molecule has 2 aromatic rings. The topological polar surface area (TPSA) is 196 Å². The Morgan fingerprint density at radius 1 is 1.12 bits per heavy atom. The first-order chi connectivity index (χ1) is 27.8. The van der Waals surface area contributed by atoms with Crippen molar-refractivity contribution in [3.63, 3.8) is 0 Å². The van der Waals surface area contributed by atoms with Gasteiger partial charge in [-0.2, -0.15) is 0 Å². The number of ether oxygens (including phenoxy) is 5. The highest BCUT2D eigenvalue weighted by atomic mass is 16.7. The summed E-state index contributed by atoms with van der Waals surface area (Å²) in [5, 5.41) is 15.9. The summed E-state index contributed by atoms with van der Waals surface area (Å²) in [6.07, 6.45) is 3.42. The van der Waals surface area contributed by atoms with Crippen LogP contribution in [-0.4, -0.2) is 141 Å². The molecule has 328 valence electrons. The molecule has 3 N–H and O–H groups in total. The first kappa shape index (κ1) is 46.1. The van der Waals surface area contributed by atoms with Gasteiger partial charge in [-0.3, -0.25) is 19.4 Å². The van der Waals surface area contributed by atoms with Crippen molar-refractivity contribution in [2.75, 3.05) is 27.7 Å². The van der Waals surface area contributed by atoms with Gasteiger partial charge in [0.05, 0.1) is 35.9 Å². The summed E-state index contributed by atoms with van der Waals surface area (Å²) < 4.78 is 33.0. The number of aromatic nitrogens is 3. The van der Waals surface area contributed by atoms with Gasteiger partial charge >= 0.3 is 12.1 Å². The summed E-state index contributed by atoms with van der Waals surface area (Å²) in [4.78, 5) is 66.8. The van der Waals surface area contributed by atoms with Crippen LogP contribution < -0.4 is 10.7 Å². The third-order valence-corrected chi connectivity index (χ3v) is 12.4. The Hall–Kier alpha value is -4.00. The molecular formula is C42H65N7O10. The number of carbonyl (C=O) groups is 4. The van der Waals surface area contributed by atoms with Gasteiger partial charge in [0.25, 0.3) is 0 Å². The lowest BCUT2D eigenvalue weighted by Gasteiger charge is -2.46. The molecule has 0 saturated carbocycles. The van der Waals surface area contributed by atoms with Gasteiger partial charge in [0.2, 0.25) is 5.91 Å². The molecule has 5 rings (SSSR count). The van der Waals surface area contributed by atoms with E-state index in [4.69, 9.17) is 23.7 Å². The van der Waals surface area contributed by atoms with Gasteiger partial charge in [-0.05, 0) is 86.5 Å². The summed E-state index contributed by atoms with van der Waals surface area (Å²) >= 11 is 0. The van der Waals surface area contributed by atoms with Gasteiger partial charge in [-0.25, -0.2) is 20.2 Å². The zero-order valence-electron chi connectivity index (χ0n) is 36.4. The number of hydrogen-bond donors (Lipinski definition) is 3. The number of methoxy groups -OCH3 is 1. The van der Waals surface area contributed by atoms with Crippen LogP contribution in [0.25, 0.3) is 11.3 Å². The Bertz CT molecular complexity index is 1760. The highest BCUT2D eigenvalue weighted by Crippen LogP contribution is 2.39. The van der Waals surface area contributed by atoms with Crippen molar-refractivity contribution in [3.8, 4) is 11.3 Å². The van der Waals surface area contributed by atoms with Crippen LogP contribution in [-0.2, 0) is 44.6 Å². The number of hydrazine groups is 1. The van der Waals surface area contributed by atoms with E-state index in [9.17, 15) is 24.3 Å². The number of ketones is 1. The summed E-state index contributed by atoms with van der Waals surface area (Å²) in [5.41, 5.74) is 2.19. The molecule has 3 aliphatic rings. The molecule has 0 aromatic carbocycles. The molecule has 1 unspecified atom stereocenters. The number of amides is 2. The summed E-state index contributed by atoms with van der Waals surface area (Å²) in [5.74, 6) is -4.55. The van der Waals surface area contributed by atoms with Crippen molar-refractivity contribution in [2.24, 2.45) is 17.8 Å². The number of nitrogens with zero attached hydrogens (tertiary/aromatic N) is 5. The maximum absolute atomic E-state index is 14.4. The SMILES string of the molecule is CC[C@H]1OC(=O)[C@H](C)C(=O)[C@H](C)[C@H](O[C@@H]2O[C@H](C)C[C@H](N(C)C)[C@H]2O)[C@@](C)(OC)C[C@@H](C)C(=O)NC(C)[C@H]2N(NCCCn3cnc(-c4cccnc4)c3)C(=O)O[C@]12C. The molecule has 5 heterocycles. The average molecular weight is 828 g/mol. The van der Waals surface area contributed by atoms with Crippen LogP contribution in [0.3, 0.4) is 0 Å². The molecule has 3 fully saturated rings. The van der Waals surface area contributed by atoms with Crippen LogP contribution in [0.4, 0.5) is 4.79 Å². The summed E-state index contributed by atoms with van der Waals surface area (Å²) in [7, 11) is 5.21. The molecule has 0 spiro atoms. The average Bonchev–Trinajstić information content (AvgIpc) is 3.78. The van der Waals surface area contributed by atoms with Gasteiger partial charge in [0.1, 0.15) is 24.2 Å². The number of fused-ring (bicyclic) bond motifs is 1. The molecule has 0 radical (unpaired) electrons. The Balaban J connectivity index is 1.41. The predicted octanol–water partition coefficient (Wildman–Crippen LogP) is 3.34. The maximum atomic E-state index is 14.4. The van der Waals surface area contributed by atoms with Gasteiger partial charge in [0.15, 0.2) is 17.7 Å². The number of likely N-dealkylation sites (N-methyl/N-ethyl adjacent to an activating group) is 1. The van der Waals surface area contributed by atoms with Crippen molar-refractivity contribution >= 4 is 23.8 Å². The van der Waals surface area contributed by atoms with Crippen LogP contribution in [0, 0.1) is 17.8 Å². The van der Waals surface area contributed by atoms with E-state index in [1.54, 1.807) is 60.3 Å². The third-order valence-electron chi connectivity index (χ3n) is 12.4. The molecule has 17 heteroatoms. The predicted molar refractivity (Wildman–Crippen MR) is 216 cm³/mol. The normalized spacial score (nSPS) is 36.4. The Morgan fingerprint density at radius 3 is 2.49 bits per heavy atom. The Labute approximate surface area is 347 Å². The number of Topliss-reactive ketones (excluding diaryl/α,β-unsaturated/α-hetero) is 1. The molecular weight excluding hydrogens is 763 g/mol. The number of aliphatic hydroxyl groups is 1. The number of cyclic esters (lactones) is 1. The smallest absolute Gasteiger partial charge is 0.425 e. The van der Waals surface area contributed by atoms with Crippen molar-refractivity contribution in [2.45, 2.75) is 148 Å². The van der Waals surface area contributed by atoms with Crippen molar-refractivity contribution in [1.82, 2.24) is 35.2 Å². The number of rotatable bonds is 11. The van der Waals surface area contributed by atoms with E-state index in [0.717, 1.165) is 11.3 Å². The number of esters is 1. The van der Waals surface area contributed by atoms with Gasteiger partial charge in [-0.15, -0.1) is 0 Å². The zero-order chi connectivity index (χ0) is 43.4. The quantitative estimate of drug-likeness (QED) is 0.170. The molecule has 17 nitrogen and oxygen atoms in total. The molecule has 0 aliphatic carbocycles. The van der Waals surface area contributed by atoms with E-state index < -0.39 is 83.5 Å². The molecule has 3 aliphatic heterocycles. The lowest BCUT2D eigenvalue weighted by atomic mass is 9.78. The minimum atomic E-state index is -1.44. The van der Waals surface area contributed by atoms with Crippen molar-refractivity contribution < 1.29 is 48.0 Å². The van der Waals surface area contributed by atoms with E-state index in [1.807, 2.05) is 48.8 Å². The molecule has 13 atom stereocenters. The van der Waals surface area contributed by atoms with E-state index in [1.165, 1.54) is 19.0 Å². The first-order valence-corrected chi connectivity index (χ1v) is 20.8. The van der Waals surface area contributed by atoms with Crippen LogP contribution in [0.15, 0.2) is 37.1 Å². The van der Waals surface area contributed by atoms with Gasteiger partial charge in [0, 0.05) is 62.2 Å². The number of imidazole rings is 1. The first-order valence-electron chi connectivity index (χ1n) is 20.8. The second-order valence-corrected chi connectivity index (χ2v) is 17.2. The number of pyridine rings is 1. The number of nitrogens with one attached hydrogen (secondary N) is 2. The van der Waals surface area contributed by atoms with Gasteiger partial charge in [-0.1, -0.05) is 20.8 Å². The second-order valence-electron chi connectivity index (χ2n) is 17.2. The van der Waals surface area contributed by atoms with Crippen LogP contribution in [0.2, 0.25) is 0 Å². The lowest BCUT2D eigenvalue weighted by Crippen LogP contribution is -2.63. The molecule has 3 saturated heterocycles. The second kappa shape index (κ2) is 19.1. The fraction of sp³-hybridized carbons (Fsp3) is 0.714. The monoisotopic (exact) mass is 827 g/mol. The van der Waals surface area contributed by atoms with Crippen LogP contribution >= 0.6 is 0 Å². The molecule has 0 bridgehead atoms. The number of carbonyl (C=O) groups excluding carboxylic acids is 4. The number of aliphatic hydroxyl groups excluding tert-OH is 1. The van der Waals surface area contributed by atoms with E-state index in [-0.39, 0.29) is 30.9 Å². The Morgan fingerprint density at radius 2 is 1.85 bits per heavy atom. The van der Waals surface area contributed by atoms with Crippen LogP contribution in [0.5, 0.6) is 0 Å². The van der Waals surface area contributed by atoms with Gasteiger partial charge < -0.3 is 43.6 Å². The lowest BCUT2D eigenvalue weighted by molar-refractivity contribution is -0.295. The van der Waals surface area contributed by atoms with Crippen LogP contribution in [0.1, 0.15) is 81.1 Å². The van der Waals surface area contributed by atoms with E-state index in [0.29, 0.717) is 25.9 Å². The summed E-state index contributed by atoms with van der Waals surface area (Å²) in [6.45, 7) is 14.7. The highest BCUT2D eigenvalue weighted by molar-refractivity contribution is 6.00. The fourth-order valence-electron chi connectivity index (χ4n) is 8.97. The largest absolute Gasteiger partial charge is 0.457 e. The maximum Gasteiger partial charge on any atom is 0.425 e. The van der Waals surface area contributed by atoms with E-state index >= 15 is 0 Å². The van der Waals surface area contributed by atoms with E-state index in [2.05, 4.69) is 20.7 Å². The molecule has 2 aromatic heterocycles. The zero-order valence-corrected chi connectivity index (χ0v) is 36.4. The molecule has 2 amide bonds. The minimum Gasteiger partial charge on any atom is -0.457 e. The highest BCUT2D eigenvalue weighted by Gasteiger charge is 2.59. The van der Waals surface area contributed by atoms with Crippen molar-refractivity contribution in [3.05, 3.63) is 37.1 Å². The third kappa shape index (κ3) is 9.97. The number of aryl methyl sites for hydroxylation is 1.